The number of rotatable bonds is 8. The molecule has 4 nitrogen and oxygen atoms in total. The van der Waals surface area contributed by atoms with Crippen LogP contribution >= 0.6 is 11.6 Å². The van der Waals surface area contributed by atoms with Gasteiger partial charge in [-0.15, -0.1) is 0 Å². The van der Waals surface area contributed by atoms with Crippen LogP contribution in [-0.4, -0.2) is 17.4 Å². The number of aromatic nitrogens is 1. The SMILES string of the molecule is O=C(CCCc1ncc(-c2ccccc2)o1)NCCc1ccc(Cl)cc1. The molecule has 2 aromatic carbocycles. The minimum atomic E-state index is 0.0498. The monoisotopic (exact) mass is 368 g/mol. The van der Waals surface area contributed by atoms with Crippen LogP contribution in [0.5, 0.6) is 0 Å². The molecule has 26 heavy (non-hydrogen) atoms. The highest BCUT2D eigenvalue weighted by atomic mass is 35.5. The molecule has 1 N–H and O–H groups in total. The minimum absolute atomic E-state index is 0.0498. The lowest BCUT2D eigenvalue weighted by Gasteiger charge is -2.05. The van der Waals surface area contributed by atoms with Crippen molar-refractivity contribution < 1.29 is 9.21 Å². The fraction of sp³-hybridized carbons (Fsp3) is 0.238. The zero-order chi connectivity index (χ0) is 18.2. The molecule has 0 aliphatic rings. The zero-order valence-corrected chi connectivity index (χ0v) is 15.2. The van der Waals surface area contributed by atoms with E-state index in [0.717, 1.165) is 28.3 Å². The van der Waals surface area contributed by atoms with Crippen LogP contribution in [0.25, 0.3) is 11.3 Å². The second-order valence-electron chi connectivity index (χ2n) is 6.06. The van der Waals surface area contributed by atoms with Gasteiger partial charge in [0.15, 0.2) is 11.7 Å². The summed E-state index contributed by atoms with van der Waals surface area (Å²) in [6, 6.07) is 17.5. The van der Waals surface area contributed by atoms with E-state index < -0.39 is 0 Å². The van der Waals surface area contributed by atoms with Crippen molar-refractivity contribution in [2.75, 3.05) is 6.54 Å². The standard InChI is InChI=1S/C21H21ClN2O2/c22-18-11-9-16(10-12-18)13-14-23-20(25)7-4-8-21-24-15-19(26-21)17-5-2-1-3-6-17/h1-3,5-6,9-12,15H,4,7-8,13-14H2,(H,23,25). The van der Waals surface area contributed by atoms with Crippen molar-refractivity contribution in [3.8, 4) is 11.3 Å². The van der Waals surface area contributed by atoms with Gasteiger partial charge in [-0.05, 0) is 30.5 Å². The smallest absolute Gasteiger partial charge is 0.220 e. The highest BCUT2D eigenvalue weighted by Gasteiger charge is 2.07. The second-order valence-corrected chi connectivity index (χ2v) is 6.50. The van der Waals surface area contributed by atoms with Gasteiger partial charge in [-0.1, -0.05) is 54.1 Å². The molecule has 0 saturated carbocycles. The summed E-state index contributed by atoms with van der Waals surface area (Å²) in [5, 5.41) is 3.66. The average Bonchev–Trinajstić information content (AvgIpc) is 3.13. The van der Waals surface area contributed by atoms with Gasteiger partial charge in [-0.2, -0.15) is 0 Å². The van der Waals surface area contributed by atoms with Crippen molar-refractivity contribution in [3.05, 3.63) is 77.3 Å². The summed E-state index contributed by atoms with van der Waals surface area (Å²) in [5.74, 6) is 1.47. The first kappa shape index (κ1) is 18.2. The molecule has 0 fully saturated rings. The van der Waals surface area contributed by atoms with Crippen LogP contribution in [0.1, 0.15) is 24.3 Å². The molecular weight excluding hydrogens is 348 g/mol. The summed E-state index contributed by atoms with van der Waals surface area (Å²) < 4.78 is 5.75. The highest BCUT2D eigenvalue weighted by molar-refractivity contribution is 6.30. The molecule has 134 valence electrons. The van der Waals surface area contributed by atoms with Crippen molar-refractivity contribution >= 4 is 17.5 Å². The molecule has 1 amide bonds. The predicted molar refractivity (Wildman–Crippen MR) is 103 cm³/mol. The molecular formula is C21H21ClN2O2. The molecule has 3 aromatic rings. The predicted octanol–water partition coefficient (Wildman–Crippen LogP) is 4.68. The Morgan fingerprint density at radius 2 is 1.81 bits per heavy atom. The molecule has 0 unspecified atom stereocenters. The van der Waals surface area contributed by atoms with E-state index in [1.165, 1.54) is 0 Å². The first-order valence-electron chi connectivity index (χ1n) is 8.72. The summed E-state index contributed by atoms with van der Waals surface area (Å²) in [7, 11) is 0. The van der Waals surface area contributed by atoms with Gasteiger partial charge >= 0.3 is 0 Å². The molecule has 0 aliphatic heterocycles. The average molecular weight is 369 g/mol. The Morgan fingerprint density at radius 3 is 2.58 bits per heavy atom. The first-order chi connectivity index (χ1) is 12.7. The Bertz CT molecular complexity index is 829. The van der Waals surface area contributed by atoms with Crippen LogP contribution < -0.4 is 5.32 Å². The Hall–Kier alpha value is -2.59. The van der Waals surface area contributed by atoms with E-state index in [1.807, 2.05) is 54.6 Å². The van der Waals surface area contributed by atoms with Gasteiger partial charge in [0.25, 0.3) is 0 Å². The fourth-order valence-corrected chi connectivity index (χ4v) is 2.77. The highest BCUT2D eigenvalue weighted by Crippen LogP contribution is 2.20. The van der Waals surface area contributed by atoms with Crippen LogP contribution in [0.4, 0.5) is 0 Å². The van der Waals surface area contributed by atoms with E-state index in [9.17, 15) is 4.79 Å². The number of aryl methyl sites for hydroxylation is 1. The Labute approximate surface area is 158 Å². The molecule has 0 atom stereocenters. The van der Waals surface area contributed by atoms with Crippen LogP contribution in [0.3, 0.4) is 0 Å². The fourth-order valence-electron chi connectivity index (χ4n) is 2.65. The number of hydrogen-bond donors (Lipinski definition) is 1. The molecule has 0 bridgehead atoms. The van der Waals surface area contributed by atoms with Gasteiger partial charge in [0.1, 0.15) is 0 Å². The Kier molecular flexibility index (Phi) is 6.45. The molecule has 1 aromatic heterocycles. The number of carbonyl (C=O) groups is 1. The van der Waals surface area contributed by atoms with E-state index >= 15 is 0 Å². The molecule has 5 heteroatoms. The van der Waals surface area contributed by atoms with Crippen LogP contribution in [0.2, 0.25) is 5.02 Å². The number of hydrogen-bond acceptors (Lipinski definition) is 3. The summed E-state index contributed by atoms with van der Waals surface area (Å²) in [6.07, 6.45) is 4.35. The first-order valence-corrected chi connectivity index (χ1v) is 9.10. The maximum absolute atomic E-state index is 11.9. The van der Waals surface area contributed by atoms with E-state index in [-0.39, 0.29) is 5.91 Å². The van der Waals surface area contributed by atoms with Gasteiger partial charge in [0.2, 0.25) is 5.91 Å². The van der Waals surface area contributed by atoms with Gasteiger partial charge in [0.05, 0.1) is 6.20 Å². The lowest BCUT2D eigenvalue weighted by atomic mass is 10.1. The Morgan fingerprint density at radius 1 is 1.04 bits per heavy atom. The normalized spacial score (nSPS) is 10.7. The van der Waals surface area contributed by atoms with Crippen molar-refractivity contribution in [2.24, 2.45) is 0 Å². The van der Waals surface area contributed by atoms with Gasteiger partial charge in [0, 0.05) is 30.0 Å². The number of nitrogens with one attached hydrogen (secondary N) is 1. The van der Waals surface area contributed by atoms with Crippen LogP contribution in [0, 0.1) is 0 Å². The summed E-state index contributed by atoms with van der Waals surface area (Å²) in [4.78, 5) is 16.2. The summed E-state index contributed by atoms with van der Waals surface area (Å²) in [6.45, 7) is 0.623. The topological polar surface area (TPSA) is 55.1 Å². The number of oxazole rings is 1. The van der Waals surface area contributed by atoms with Crippen molar-refractivity contribution in [1.82, 2.24) is 10.3 Å². The van der Waals surface area contributed by atoms with Crippen LogP contribution in [0.15, 0.2) is 65.2 Å². The van der Waals surface area contributed by atoms with E-state index in [4.69, 9.17) is 16.0 Å². The molecule has 1 heterocycles. The van der Waals surface area contributed by atoms with Gasteiger partial charge in [-0.25, -0.2) is 4.98 Å². The number of halogens is 1. The van der Waals surface area contributed by atoms with Gasteiger partial charge < -0.3 is 9.73 Å². The number of benzene rings is 2. The molecule has 0 spiro atoms. The quantitative estimate of drug-likeness (QED) is 0.628. The third-order valence-electron chi connectivity index (χ3n) is 4.06. The van der Waals surface area contributed by atoms with E-state index in [1.54, 1.807) is 6.20 Å². The maximum atomic E-state index is 11.9. The lowest BCUT2D eigenvalue weighted by Crippen LogP contribution is -2.25. The zero-order valence-electron chi connectivity index (χ0n) is 14.5. The van der Waals surface area contributed by atoms with Gasteiger partial charge in [-0.3, -0.25) is 4.79 Å². The molecule has 0 radical (unpaired) electrons. The maximum Gasteiger partial charge on any atom is 0.220 e. The lowest BCUT2D eigenvalue weighted by molar-refractivity contribution is -0.121. The second kappa shape index (κ2) is 9.20. The minimum Gasteiger partial charge on any atom is -0.441 e. The molecule has 3 rings (SSSR count). The third kappa shape index (κ3) is 5.46. The van der Waals surface area contributed by atoms with E-state index in [2.05, 4.69) is 10.3 Å². The van der Waals surface area contributed by atoms with E-state index in [0.29, 0.717) is 31.7 Å². The number of amides is 1. The Balaban J connectivity index is 1.36. The molecule has 0 aliphatic carbocycles. The number of nitrogens with zero attached hydrogens (tertiary/aromatic N) is 1. The molecule has 0 saturated heterocycles. The van der Waals surface area contributed by atoms with Crippen molar-refractivity contribution in [2.45, 2.75) is 25.7 Å². The summed E-state index contributed by atoms with van der Waals surface area (Å²) >= 11 is 5.86. The largest absolute Gasteiger partial charge is 0.441 e. The number of carbonyl (C=O) groups excluding carboxylic acids is 1. The third-order valence-corrected chi connectivity index (χ3v) is 4.31. The van der Waals surface area contributed by atoms with Crippen LogP contribution in [-0.2, 0) is 17.6 Å². The van der Waals surface area contributed by atoms with Crippen molar-refractivity contribution in [1.29, 1.82) is 0 Å². The van der Waals surface area contributed by atoms with Crippen molar-refractivity contribution in [3.63, 3.8) is 0 Å². The summed E-state index contributed by atoms with van der Waals surface area (Å²) in [5.41, 5.74) is 2.16.